The molecule has 0 radical (unpaired) electrons. The SMILES string of the molecule is COc1ccc2cc(S(=O)(=O)NCCN3CCOCC3)ccc2c1C(=O)c1ccc(F)cc1. The van der Waals surface area contributed by atoms with Crippen LogP contribution in [0.5, 0.6) is 5.75 Å². The molecule has 0 unspecified atom stereocenters. The van der Waals surface area contributed by atoms with Gasteiger partial charge >= 0.3 is 0 Å². The zero-order valence-electron chi connectivity index (χ0n) is 18.2. The van der Waals surface area contributed by atoms with Crippen LogP contribution in [0.2, 0.25) is 0 Å². The first-order valence-corrected chi connectivity index (χ1v) is 12.1. The molecule has 1 N–H and O–H groups in total. The third-order valence-corrected chi connectivity index (χ3v) is 7.10. The Morgan fingerprint density at radius 2 is 1.82 bits per heavy atom. The molecule has 9 heteroatoms. The molecule has 1 fully saturated rings. The summed E-state index contributed by atoms with van der Waals surface area (Å²) in [5.41, 5.74) is 0.606. The topological polar surface area (TPSA) is 84.9 Å². The predicted octanol–water partition coefficient (Wildman–Crippen LogP) is 2.83. The highest BCUT2D eigenvalue weighted by Crippen LogP contribution is 2.31. The molecule has 174 valence electrons. The van der Waals surface area contributed by atoms with Gasteiger partial charge < -0.3 is 9.47 Å². The maximum Gasteiger partial charge on any atom is 0.240 e. The quantitative estimate of drug-likeness (QED) is 0.508. The van der Waals surface area contributed by atoms with Crippen LogP contribution in [0.15, 0.2) is 59.5 Å². The number of hydrogen-bond donors (Lipinski definition) is 1. The molecule has 33 heavy (non-hydrogen) atoms. The summed E-state index contributed by atoms with van der Waals surface area (Å²) in [4.78, 5) is 15.4. The van der Waals surface area contributed by atoms with E-state index in [0.29, 0.717) is 47.4 Å². The number of morpholine rings is 1. The van der Waals surface area contributed by atoms with Crippen molar-refractivity contribution >= 4 is 26.6 Å². The van der Waals surface area contributed by atoms with Gasteiger partial charge in [-0.25, -0.2) is 17.5 Å². The average molecular weight is 473 g/mol. The molecule has 7 nitrogen and oxygen atoms in total. The Balaban J connectivity index is 1.61. The number of sulfonamides is 1. The minimum atomic E-state index is -3.72. The Kier molecular flexibility index (Phi) is 7.04. The van der Waals surface area contributed by atoms with Gasteiger partial charge in [-0.05, 0) is 53.2 Å². The standard InChI is InChI=1S/C24H25FN2O5S/c1-31-22-9-4-18-16-20(33(29,30)26-10-11-27-12-14-32-15-13-27)7-8-21(18)23(22)24(28)17-2-5-19(25)6-3-17/h2-9,16,26H,10-15H2,1H3. The number of benzene rings is 3. The first-order valence-electron chi connectivity index (χ1n) is 10.6. The fraction of sp³-hybridized carbons (Fsp3) is 0.292. The highest BCUT2D eigenvalue weighted by atomic mass is 32.2. The molecule has 1 aliphatic heterocycles. The van der Waals surface area contributed by atoms with Crippen molar-refractivity contribution in [2.75, 3.05) is 46.5 Å². The molecule has 0 aliphatic carbocycles. The van der Waals surface area contributed by atoms with E-state index in [2.05, 4.69) is 9.62 Å². The number of nitrogens with zero attached hydrogens (tertiary/aromatic N) is 1. The van der Waals surface area contributed by atoms with Crippen molar-refractivity contribution in [3.05, 3.63) is 71.5 Å². The minimum Gasteiger partial charge on any atom is -0.496 e. The highest BCUT2D eigenvalue weighted by molar-refractivity contribution is 7.89. The Hall–Kier alpha value is -2.85. The van der Waals surface area contributed by atoms with Crippen molar-refractivity contribution in [1.29, 1.82) is 0 Å². The number of carbonyl (C=O) groups is 1. The van der Waals surface area contributed by atoms with Crippen molar-refractivity contribution in [2.45, 2.75) is 4.90 Å². The highest BCUT2D eigenvalue weighted by Gasteiger charge is 2.21. The summed E-state index contributed by atoms with van der Waals surface area (Å²) in [6.45, 7) is 3.76. The number of ether oxygens (including phenoxy) is 2. The summed E-state index contributed by atoms with van der Waals surface area (Å²) >= 11 is 0. The van der Waals surface area contributed by atoms with Gasteiger partial charge in [0.2, 0.25) is 10.0 Å². The zero-order chi connectivity index (χ0) is 23.4. The summed E-state index contributed by atoms with van der Waals surface area (Å²) in [5, 5.41) is 1.13. The van der Waals surface area contributed by atoms with Crippen LogP contribution in [-0.2, 0) is 14.8 Å². The largest absolute Gasteiger partial charge is 0.496 e. The van der Waals surface area contributed by atoms with E-state index in [9.17, 15) is 17.6 Å². The Morgan fingerprint density at radius 1 is 1.09 bits per heavy atom. The molecule has 1 saturated heterocycles. The second-order valence-electron chi connectivity index (χ2n) is 7.71. The van der Waals surface area contributed by atoms with Crippen LogP contribution >= 0.6 is 0 Å². The molecule has 0 amide bonds. The third-order valence-electron chi connectivity index (χ3n) is 5.64. The van der Waals surface area contributed by atoms with Gasteiger partial charge in [0.25, 0.3) is 0 Å². The number of hydrogen-bond acceptors (Lipinski definition) is 6. The molecule has 0 atom stereocenters. The van der Waals surface area contributed by atoms with Crippen LogP contribution in [0, 0.1) is 5.82 Å². The van der Waals surface area contributed by atoms with Gasteiger partial charge in [-0.3, -0.25) is 9.69 Å². The summed E-state index contributed by atoms with van der Waals surface area (Å²) in [6, 6.07) is 13.2. The van der Waals surface area contributed by atoms with Gasteiger partial charge in [-0.2, -0.15) is 0 Å². The maximum atomic E-state index is 13.3. The molecule has 0 aromatic heterocycles. The van der Waals surface area contributed by atoms with Crippen molar-refractivity contribution in [3.63, 3.8) is 0 Å². The third kappa shape index (κ3) is 5.22. The van der Waals surface area contributed by atoms with Crippen LogP contribution in [0.4, 0.5) is 4.39 Å². The lowest BCUT2D eigenvalue weighted by atomic mass is 9.96. The van der Waals surface area contributed by atoms with Gasteiger partial charge in [-0.15, -0.1) is 0 Å². The molecular formula is C24H25FN2O5S. The molecule has 1 aliphatic rings. The first kappa shape index (κ1) is 23.3. The first-order chi connectivity index (χ1) is 15.9. The number of methoxy groups -OCH3 is 1. The predicted molar refractivity (Wildman–Crippen MR) is 123 cm³/mol. The minimum absolute atomic E-state index is 0.113. The van der Waals surface area contributed by atoms with Crippen molar-refractivity contribution < 1.29 is 27.1 Å². The summed E-state index contributed by atoms with van der Waals surface area (Å²) in [5.74, 6) is -0.417. The van der Waals surface area contributed by atoms with E-state index in [4.69, 9.17) is 9.47 Å². The molecule has 0 bridgehead atoms. The molecule has 0 saturated carbocycles. The molecule has 4 rings (SSSR count). The average Bonchev–Trinajstić information content (AvgIpc) is 2.83. The normalized spacial score (nSPS) is 15.0. The second-order valence-corrected chi connectivity index (χ2v) is 9.48. The number of halogens is 1. The van der Waals surface area contributed by atoms with E-state index in [0.717, 1.165) is 13.1 Å². The van der Waals surface area contributed by atoms with E-state index in [1.54, 1.807) is 18.2 Å². The summed E-state index contributed by atoms with van der Waals surface area (Å²) in [6.07, 6.45) is 0. The fourth-order valence-corrected chi connectivity index (χ4v) is 4.91. The maximum absolute atomic E-state index is 13.3. The number of nitrogens with one attached hydrogen (secondary N) is 1. The van der Waals surface area contributed by atoms with E-state index >= 15 is 0 Å². The number of rotatable bonds is 8. The van der Waals surface area contributed by atoms with Crippen LogP contribution in [-0.4, -0.2) is 65.6 Å². The molecular weight excluding hydrogens is 447 g/mol. The van der Waals surface area contributed by atoms with Gasteiger partial charge in [0.1, 0.15) is 11.6 Å². The van der Waals surface area contributed by atoms with Crippen LogP contribution in [0.25, 0.3) is 10.8 Å². The Morgan fingerprint density at radius 3 is 2.52 bits per heavy atom. The molecule has 3 aromatic carbocycles. The van der Waals surface area contributed by atoms with E-state index in [1.165, 1.54) is 43.5 Å². The molecule has 0 spiro atoms. The van der Waals surface area contributed by atoms with Crippen molar-refractivity contribution in [3.8, 4) is 5.75 Å². The van der Waals surface area contributed by atoms with E-state index in [-0.39, 0.29) is 17.2 Å². The van der Waals surface area contributed by atoms with Gasteiger partial charge in [-0.1, -0.05) is 12.1 Å². The lowest BCUT2D eigenvalue weighted by molar-refractivity contribution is 0.0390. The summed E-state index contributed by atoms with van der Waals surface area (Å²) in [7, 11) is -2.27. The second kappa shape index (κ2) is 9.96. The van der Waals surface area contributed by atoms with Gasteiger partial charge in [0, 0.05) is 31.7 Å². The lowest BCUT2D eigenvalue weighted by Gasteiger charge is -2.26. The Bertz CT molecular complexity index is 1260. The zero-order valence-corrected chi connectivity index (χ0v) is 19.0. The number of ketones is 1. The van der Waals surface area contributed by atoms with Crippen molar-refractivity contribution in [2.24, 2.45) is 0 Å². The number of carbonyl (C=O) groups excluding carboxylic acids is 1. The summed E-state index contributed by atoms with van der Waals surface area (Å²) < 4.78 is 52.3. The van der Waals surface area contributed by atoms with Crippen LogP contribution < -0.4 is 9.46 Å². The van der Waals surface area contributed by atoms with Crippen molar-refractivity contribution in [1.82, 2.24) is 9.62 Å². The van der Waals surface area contributed by atoms with E-state index < -0.39 is 15.8 Å². The van der Waals surface area contributed by atoms with Crippen LogP contribution in [0.3, 0.4) is 0 Å². The van der Waals surface area contributed by atoms with Crippen LogP contribution in [0.1, 0.15) is 15.9 Å². The molecule has 1 heterocycles. The van der Waals surface area contributed by atoms with E-state index in [1.807, 2.05) is 0 Å². The fourth-order valence-electron chi connectivity index (χ4n) is 3.85. The van der Waals surface area contributed by atoms with Gasteiger partial charge in [0.15, 0.2) is 5.78 Å². The number of fused-ring (bicyclic) bond motifs is 1. The smallest absolute Gasteiger partial charge is 0.240 e. The van der Waals surface area contributed by atoms with Gasteiger partial charge in [0.05, 0.1) is 30.8 Å². The molecule has 3 aromatic rings. The lowest BCUT2D eigenvalue weighted by Crippen LogP contribution is -2.41. The Labute approximate surface area is 192 Å². The monoisotopic (exact) mass is 472 g/mol.